The van der Waals surface area contributed by atoms with Gasteiger partial charge in [0.25, 0.3) is 0 Å². The number of hydrogen-bond donors (Lipinski definition) is 0. The molecule has 0 N–H and O–H groups in total. The molecule has 0 atom stereocenters. The van der Waals surface area contributed by atoms with Crippen molar-refractivity contribution in [2.45, 2.75) is 46.1 Å². The predicted octanol–water partition coefficient (Wildman–Crippen LogP) is 2.67. The molecule has 0 radical (unpaired) electrons. The molecule has 5 nitrogen and oxygen atoms in total. The zero-order valence-corrected chi connectivity index (χ0v) is 12.4. The highest BCUT2D eigenvalue weighted by Crippen LogP contribution is 2.12. The van der Waals surface area contributed by atoms with Crippen LogP contribution < -0.4 is 4.90 Å². The molecule has 0 aliphatic rings. The molecule has 1 heterocycles. The molecule has 106 valence electrons. The maximum atomic E-state index is 11.9. The Bertz CT molecular complexity index is 427. The van der Waals surface area contributed by atoms with Gasteiger partial charge in [0.2, 0.25) is 5.95 Å². The third-order valence-electron chi connectivity index (χ3n) is 2.44. The molecule has 1 rings (SSSR count). The van der Waals surface area contributed by atoms with Crippen molar-refractivity contribution in [3.05, 3.63) is 18.0 Å². The number of hydrogen-bond acceptors (Lipinski definition) is 5. The van der Waals surface area contributed by atoms with E-state index in [1.54, 1.807) is 12.3 Å². The van der Waals surface area contributed by atoms with Gasteiger partial charge in [-0.25, -0.2) is 14.8 Å². The van der Waals surface area contributed by atoms with Crippen LogP contribution in [0.4, 0.5) is 5.95 Å². The van der Waals surface area contributed by atoms with Crippen molar-refractivity contribution in [3.8, 4) is 0 Å². The standard InChI is InChI=1S/C14H23N3O2/c1-6-7-10-17(5)13-15-9-8-11(16-13)12(18)19-14(2,3)4/h8-9H,6-7,10H2,1-5H3. The molecule has 0 aliphatic heterocycles. The Morgan fingerprint density at radius 3 is 2.68 bits per heavy atom. The summed E-state index contributed by atoms with van der Waals surface area (Å²) >= 11 is 0. The molecule has 1 aromatic rings. The summed E-state index contributed by atoms with van der Waals surface area (Å²) in [6, 6.07) is 1.57. The first-order valence-corrected chi connectivity index (χ1v) is 6.61. The maximum Gasteiger partial charge on any atom is 0.357 e. The van der Waals surface area contributed by atoms with E-state index in [0.717, 1.165) is 19.4 Å². The zero-order chi connectivity index (χ0) is 14.5. The van der Waals surface area contributed by atoms with Crippen LogP contribution in [0.1, 0.15) is 51.0 Å². The summed E-state index contributed by atoms with van der Waals surface area (Å²) in [7, 11) is 1.92. The van der Waals surface area contributed by atoms with Crippen molar-refractivity contribution in [2.75, 3.05) is 18.5 Å². The molecule has 1 aromatic heterocycles. The summed E-state index contributed by atoms with van der Waals surface area (Å²) in [4.78, 5) is 22.3. The normalized spacial score (nSPS) is 11.2. The SMILES string of the molecule is CCCCN(C)c1nccc(C(=O)OC(C)(C)C)n1. The zero-order valence-electron chi connectivity index (χ0n) is 12.4. The van der Waals surface area contributed by atoms with Gasteiger partial charge in [0.15, 0.2) is 5.69 Å². The van der Waals surface area contributed by atoms with Crippen LogP contribution in [0.25, 0.3) is 0 Å². The van der Waals surface area contributed by atoms with Crippen molar-refractivity contribution in [1.82, 2.24) is 9.97 Å². The van der Waals surface area contributed by atoms with E-state index in [1.807, 2.05) is 32.7 Å². The van der Waals surface area contributed by atoms with E-state index in [0.29, 0.717) is 11.6 Å². The lowest BCUT2D eigenvalue weighted by molar-refractivity contribution is 0.00627. The van der Waals surface area contributed by atoms with Gasteiger partial charge in [0.05, 0.1) is 0 Å². The number of carbonyl (C=O) groups excluding carboxylic acids is 1. The van der Waals surface area contributed by atoms with Crippen molar-refractivity contribution in [3.63, 3.8) is 0 Å². The van der Waals surface area contributed by atoms with Gasteiger partial charge >= 0.3 is 5.97 Å². The number of unbranched alkanes of at least 4 members (excludes halogenated alkanes) is 1. The second-order valence-corrected chi connectivity index (χ2v) is 5.52. The van der Waals surface area contributed by atoms with Crippen molar-refractivity contribution in [1.29, 1.82) is 0 Å². The molecule has 0 unspecified atom stereocenters. The third kappa shape index (κ3) is 5.24. The molecule has 0 spiro atoms. The van der Waals surface area contributed by atoms with Crippen LogP contribution >= 0.6 is 0 Å². The number of esters is 1. The van der Waals surface area contributed by atoms with Gasteiger partial charge in [-0.15, -0.1) is 0 Å². The quantitative estimate of drug-likeness (QED) is 0.766. The number of nitrogens with zero attached hydrogens (tertiary/aromatic N) is 3. The van der Waals surface area contributed by atoms with E-state index in [9.17, 15) is 4.79 Å². The summed E-state index contributed by atoms with van der Waals surface area (Å²) in [5.74, 6) is 0.136. The van der Waals surface area contributed by atoms with E-state index in [-0.39, 0.29) is 0 Å². The molecule has 5 heteroatoms. The summed E-state index contributed by atoms with van der Waals surface area (Å²) in [6.07, 6.45) is 3.76. The van der Waals surface area contributed by atoms with Crippen LogP contribution in [0.3, 0.4) is 0 Å². The average Bonchev–Trinajstić information content (AvgIpc) is 2.34. The van der Waals surface area contributed by atoms with Gasteiger partial charge in [-0.2, -0.15) is 0 Å². The van der Waals surface area contributed by atoms with E-state index in [4.69, 9.17) is 4.74 Å². The van der Waals surface area contributed by atoms with Gasteiger partial charge < -0.3 is 9.64 Å². The van der Waals surface area contributed by atoms with Crippen molar-refractivity contribution < 1.29 is 9.53 Å². The van der Waals surface area contributed by atoms with E-state index in [1.165, 1.54) is 0 Å². The second-order valence-electron chi connectivity index (χ2n) is 5.52. The number of anilines is 1. The lowest BCUT2D eigenvalue weighted by Gasteiger charge is -2.20. The summed E-state index contributed by atoms with van der Waals surface area (Å²) in [6.45, 7) is 8.50. The molecule has 0 aromatic carbocycles. The Morgan fingerprint density at radius 1 is 1.42 bits per heavy atom. The lowest BCUT2D eigenvalue weighted by Crippen LogP contribution is -2.26. The largest absolute Gasteiger partial charge is 0.455 e. The molecule has 0 amide bonds. The first-order valence-electron chi connectivity index (χ1n) is 6.61. The Labute approximate surface area is 115 Å². The molecule has 19 heavy (non-hydrogen) atoms. The molecule has 0 aliphatic carbocycles. The van der Waals surface area contributed by atoms with Gasteiger partial charge in [0.1, 0.15) is 5.60 Å². The Balaban J connectivity index is 2.79. The first-order chi connectivity index (χ1) is 8.83. The number of rotatable bonds is 5. The van der Waals surface area contributed by atoms with Crippen LogP contribution in [0.2, 0.25) is 0 Å². The van der Waals surface area contributed by atoms with Gasteiger partial charge in [0, 0.05) is 19.8 Å². The molecule has 0 fully saturated rings. The molecule has 0 saturated carbocycles. The highest BCUT2D eigenvalue weighted by molar-refractivity contribution is 5.87. The van der Waals surface area contributed by atoms with Crippen LogP contribution in [0.5, 0.6) is 0 Å². The second kappa shape index (κ2) is 6.50. The fourth-order valence-corrected chi connectivity index (χ4v) is 1.47. The Kier molecular flexibility index (Phi) is 5.27. The predicted molar refractivity (Wildman–Crippen MR) is 75.4 cm³/mol. The van der Waals surface area contributed by atoms with Gasteiger partial charge in [-0.3, -0.25) is 0 Å². The Hall–Kier alpha value is -1.65. The third-order valence-corrected chi connectivity index (χ3v) is 2.44. The van der Waals surface area contributed by atoms with Crippen LogP contribution in [-0.4, -0.2) is 35.1 Å². The number of aromatic nitrogens is 2. The average molecular weight is 265 g/mol. The summed E-state index contributed by atoms with van der Waals surface area (Å²) in [5, 5.41) is 0. The highest BCUT2D eigenvalue weighted by atomic mass is 16.6. The minimum absolute atomic E-state index is 0.295. The molecular weight excluding hydrogens is 242 g/mol. The minimum Gasteiger partial charge on any atom is -0.455 e. The fourth-order valence-electron chi connectivity index (χ4n) is 1.47. The minimum atomic E-state index is -0.518. The van der Waals surface area contributed by atoms with Crippen LogP contribution in [0.15, 0.2) is 12.3 Å². The molecule has 0 bridgehead atoms. The molecule has 0 saturated heterocycles. The van der Waals surface area contributed by atoms with E-state index >= 15 is 0 Å². The number of carbonyl (C=O) groups is 1. The lowest BCUT2D eigenvalue weighted by atomic mass is 10.2. The van der Waals surface area contributed by atoms with Gasteiger partial charge in [-0.05, 0) is 33.3 Å². The summed E-state index contributed by atoms with van der Waals surface area (Å²) < 4.78 is 5.29. The van der Waals surface area contributed by atoms with Crippen LogP contribution in [0, 0.1) is 0 Å². The summed E-state index contributed by atoms with van der Waals surface area (Å²) in [5.41, 5.74) is -0.223. The maximum absolute atomic E-state index is 11.9. The Morgan fingerprint density at radius 2 is 2.11 bits per heavy atom. The fraction of sp³-hybridized carbons (Fsp3) is 0.643. The smallest absolute Gasteiger partial charge is 0.357 e. The molecular formula is C14H23N3O2. The van der Waals surface area contributed by atoms with Crippen molar-refractivity contribution >= 4 is 11.9 Å². The number of ether oxygens (including phenoxy) is 1. The monoisotopic (exact) mass is 265 g/mol. The van der Waals surface area contributed by atoms with Gasteiger partial charge in [-0.1, -0.05) is 13.3 Å². The van der Waals surface area contributed by atoms with E-state index < -0.39 is 11.6 Å². The van der Waals surface area contributed by atoms with E-state index in [2.05, 4.69) is 16.9 Å². The first kappa shape index (κ1) is 15.4. The topological polar surface area (TPSA) is 55.3 Å². The van der Waals surface area contributed by atoms with Crippen LogP contribution in [-0.2, 0) is 4.74 Å². The highest BCUT2D eigenvalue weighted by Gasteiger charge is 2.19. The van der Waals surface area contributed by atoms with Crippen molar-refractivity contribution in [2.24, 2.45) is 0 Å².